The van der Waals surface area contributed by atoms with Crippen molar-refractivity contribution in [3.8, 4) is 17.2 Å². The van der Waals surface area contributed by atoms with Gasteiger partial charge in [0.05, 0.1) is 0 Å². The molecule has 2 aromatic rings. The molecule has 0 saturated carbocycles. The SMILES string of the molecule is CCN(CC)CCOc1cccc(F)c1Oc1cccc(Cl)c1. The second-order valence-corrected chi connectivity index (χ2v) is 5.44. The van der Waals surface area contributed by atoms with E-state index >= 15 is 0 Å². The van der Waals surface area contributed by atoms with Crippen LogP contribution in [0, 0.1) is 5.82 Å². The highest BCUT2D eigenvalue weighted by atomic mass is 35.5. The molecular formula is C18H21ClFNO2. The van der Waals surface area contributed by atoms with Crippen molar-refractivity contribution in [1.29, 1.82) is 0 Å². The average molecular weight is 338 g/mol. The summed E-state index contributed by atoms with van der Waals surface area (Å²) in [5.74, 6) is 0.466. The minimum absolute atomic E-state index is 0.0781. The van der Waals surface area contributed by atoms with Gasteiger partial charge in [0.15, 0.2) is 11.6 Å². The summed E-state index contributed by atoms with van der Waals surface area (Å²) in [5.41, 5.74) is 0. The van der Waals surface area contributed by atoms with Crippen LogP contribution in [0.15, 0.2) is 42.5 Å². The van der Waals surface area contributed by atoms with E-state index in [1.807, 2.05) is 0 Å². The largest absolute Gasteiger partial charge is 0.488 e. The van der Waals surface area contributed by atoms with Crippen LogP contribution in [-0.4, -0.2) is 31.1 Å². The quantitative estimate of drug-likeness (QED) is 0.677. The minimum Gasteiger partial charge on any atom is -0.488 e. The van der Waals surface area contributed by atoms with Crippen molar-refractivity contribution >= 4 is 11.6 Å². The first kappa shape index (κ1) is 17.6. The van der Waals surface area contributed by atoms with Gasteiger partial charge in [0.1, 0.15) is 12.4 Å². The molecule has 0 radical (unpaired) electrons. The summed E-state index contributed by atoms with van der Waals surface area (Å²) < 4.78 is 25.5. The van der Waals surface area contributed by atoms with Gasteiger partial charge >= 0.3 is 0 Å². The maximum absolute atomic E-state index is 14.1. The molecule has 0 aromatic heterocycles. The molecule has 0 aliphatic heterocycles. The lowest BCUT2D eigenvalue weighted by Crippen LogP contribution is -2.27. The summed E-state index contributed by atoms with van der Waals surface area (Å²) in [6.45, 7) is 7.35. The summed E-state index contributed by atoms with van der Waals surface area (Å²) in [6, 6.07) is 11.5. The maximum Gasteiger partial charge on any atom is 0.204 e. The molecule has 0 aliphatic rings. The Morgan fingerprint density at radius 2 is 1.83 bits per heavy atom. The molecule has 124 valence electrons. The molecule has 0 heterocycles. The smallest absolute Gasteiger partial charge is 0.204 e. The molecule has 0 aliphatic carbocycles. The van der Waals surface area contributed by atoms with Gasteiger partial charge in [-0.25, -0.2) is 4.39 Å². The fourth-order valence-corrected chi connectivity index (χ4v) is 2.35. The van der Waals surface area contributed by atoms with E-state index in [0.29, 0.717) is 23.1 Å². The van der Waals surface area contributed by atoms with Crippen molar-refractivity contribution in [2.45, 2.75) is 13.8 Å². The Kier molecular flexibility index (Phi) is 6.68. The Labute approximate surface area is 141 Å². The number of hydrogen-bond donors (Lipinski definition) is 0. The van der Waals surface area contributed by atoms with Gasteiger partial charge in [0.2, 0.25) is 5.75 Å². The molecule has 0 N–H and O–H groups in total. The maximum atomic E-state index is 14.1. The summed E-state index contributed by atoms with van der Waals surface area (Å²) in [5, 5.41) is 0.530. The van der Waals surface area contributed by atoms with E-state index in [2.05, 4.69) is 18.7 Å². The molecular weight excluding hydrogens is 317 g/mol. The monoisotopic (exact) mass is 337 g/mol. The minimum atomic E-state index is -0.467. The van der Waals surface area contributed by atoms with Crippen molar-refractivity contribution < 1.29 is 13.9 Å². The first-order valence-corrected chi connectivity index (χ1v) is 8.09. The molecule has 0 bridgehead atoms. The van der Waals surface area contributed by atoms with E-state index in [0.717, 1.165) is 19.6 Å². The third-order valence-corrected chi connectivity index (χ3v) is 3.74. The van der Waals surface area contributed by atoms with E-state index in [9.17, 15) is 4.39 Å². The van der Waals surface area contributed by atoms with E-state index in [1.165, 1.54) is 6.07 Å². The van der Waals surface area contributed by atoms with Gasteiger partial charge in [-0.3, -0.25) is 0 Å². The van der Waals surface area contributed by atoms with Crippen molar-refractivity contribution in [2.75, 3.05) is 26.2 Å². The topological polar surface area (TPSA) is 21.7 Å². The van der Waals surface area contributed by atoms with Crippen LogP contribution in [-0.2, 0) is 0 Å². The van der Waals surface area contributed by atoms with E-state index in [4.69, 9.17) is 21.1 Å². The van der Waals surface area contributed by atoms with Crippen LogP contribution in [0.25, 0.3) is 0 Å². The van der Waals surface area contributed by atoms with Gasteiger partial charge in [-0.05, 0) is 43.4 Å². The predicted molar refractivity (Wildman–Crippen MR) is 91.2 cm³/mol. The van der Waals surface area contributed by atoms with Crippen molar-refractivity contribution in [1.82, 2.24) is 4.90 Å². The van der Waals surface area contributed by atoms with E-state index in [-0.39, 0.29) is 5.75 Å². The van der Waals surface area contributed by atoms with Crippen LogP contribution in [0.2, 0.25) is 5.02 Å². The highest BCUT2D eigenvalue weighted by Crippen LogP contribution is 2.34. The van der Waals surface area contributed by atoms with Crippen LogP contribution < -0.4 is 9.47 Å². The van der Waals surface area contributed by atoms with Gasteiger partial charge in [-0.15, -0.1) is 0 Å². The molecule has 0 spiro atoms. The van der Waals surface area contributed by atoms with Crippen LogP contribution in [0.4, 0.5) is 4.39 Å². The zero-order valence-corrected chi connectivity index (χ0v) is 14.1. The van der Waals surface area contributed by atoms with Crippen LogP contribution in [0.5, 0.6) is 17.2 Å². The highest BCUT2D eigenvalue weighted by molar-refractivity contribution is 6.30. The third-order valence-electron chi connectivity index (χ3n) is 3.51. The Balaban J connectivity index is 2.10. The van der Waals surface area contributed by atoms with Crippen LogP contribution in [0.1, 0.15) is 13.8 Å². The molecule has 2 rings (SSSR count). The third kappa shape index (κ3) is 5.12. The van der Waals surface area contributed by atoms with Crippen molar-refractivity contribution in [3.63, 3.8) is 0 Å². The Bertz CT molecular complexity index is 632. The number of rotatable bonds is 8. The van der Waals surface area contributed by atoms with E-state index < -0.39 is 5.82 Å². The first-order valence-electron chi connectivity index (χ1n) is 7.71. The second-order valence-electron chi connectivity index (χ2n) is 5.00. The molecule has 0 fully saturated rings. The van der Waals surface area contributed by atoms with Gasteiger partial charge in [-0.1, -0.05) is 37.6 Å². The number of nitrogens with zero attached hydrogens (tertiary/aromatic N) is 1. The summed E-state index contributed by atoms with van der Waals surface area (Å²) in [7, 11) is 0. The standard InChI is InChI=1S/C18H21ClFNO2/c1-3-21(4-2)11-12-22-17-10-6-9-16(20)18(17)23-15-8-5-7-14(19)13-15/h5-10,13H,3-4,11-12H2,1-2H3. The molecule has 0 amide bonds. The first-order chi connectivity index (χ1) is 11.1. The lowest BCUT2D eigenvalue weighted by Gasteiger charge is -2.19. The molecule has 2 aromatic carbocycles. The fourth-order valence-electron chi connectivity index (χ4n) is 2.17. The molecule has 0 atom stereocenters. The number of halogens is 2. The van der Waals surface area contributed by atoms with E-state index in [1.54, 1.807) is 36.4 Å². The van der Waals surface area contributed by atoms with Gasteiger partial charge < -0.3 is 14.4 Å². The van der Waals surface area contributed by atoms with Crippen LogP contribution >= 0.6 is 11.6 Å². The normalized spacial score (nSPS) is 10.8. The molecule has 0 saturated heterocycles. The lowest BCUT2D eigenvalue weighted by molar-refractivity contribution is 0.217. The highest BCUT2D eigenvalue weighted by Gasteiger charge is 2.13. The number of likely N-dealkylation sites (N-methyl/N-ethyl adjacent to an activating group) is 1. The zero-order chi connectivity index (χ0) is 16.7. The van der Waals surface area contributed by atoms with Crippen molar-refractivity contribution in [3.05, 3.63) is 53.3 Å². The molecule has 3 nitrogen and oxygen atoms in total. The molecule has 5 heteroatoms. The second kappa shape index (κ2) is 8.75. The molecule has 23 heavy (non-hydrogen) atoms. The Morgan fingerprint density at radius 1 is 1.09 bits per heavy atom. The van der Waals surface area contributed by atoms with Crippen LogP contribution in [0.3, 0.4) is 0 Å². The summed E-state index contributed by atoms with van der Waals surface area (Å²) in [4.78, 5) is 2.23. The Morgan fingerprint density at radius 3 is 2.52 bits per heavy atom. The van der Waals surface area contributed by atoms with Crippen molar-refractivity contribution in [2.24, 2.45) is 0 Å². The number of para-hydroxylation sites is 1. The number of hydrogen-bond acceptors (Lipinski definition) is 3. The zero-order valence-electron chi connectivity index (χ0n) is 13.4. The van der Waals surface area contributed by atoms with Gasteiger partial charge in [0, 0.05) is 11.6 Å². The summed E-state index contributed by atoms with van der Waals surface area (Å²) in [6.07, 6.45) is 0. The number of ether oxygens (including phenoxy) is 2. The Hall–Kier alpha value is -1.78. The number of benzene rings is 2. The fraction of sp³-hybridized carbons (Fsp3) is 0.333. The molecule has 0 unspecified atom stereocenters. The average Bonchev–Trinajstić information content (AvgIpc) is 2.54. The summed E-state index contributed by atoms with van der Waals surface area (Å²) >= 11 is 5.93. The van der Waals surface area contributed by atoms with Gasteiger partial charge in [-0.2, -0.15) is 0 Å². The van der Waals surface area contributed by atoms with Gasteiger partial charge in [0.25, 0.3) is 0 Å². The lowest BCUT2D eigenvalue weighted by atomic mass is 10.3. The predicted octanol–water partition coefficient (Wildman–Crippen LogP) is 4.99.